The Hall–Kier alpha value is -3.74. The van der Waals surface area contributed by atoms with E-state index in [4.69, 9.17) is 0 Å². The van der Waals surface area contributed by atoms with Gasteiger partial charge in [-0.1, -0.05) is 23.8 Å². The normalized spacial score (nSPS) is 10.2. The molecule has 7 nitrogen and oxygen atoms in total. The molecule has 0 aliphatic carbocycles. The summed E-state index contributed by atoms with van der Waals surface area (Å²) in [5.74, 6) is -0.0217. The highest BCUT2D eigenvalue weighted by atomic mass is 16.2. The number of hydrogen-bond acceptors (Lipinski definition) is 5. The van der Waals surface area contributed by atoms with Crippen molar-refractivity contribution in [2.45, 2.75) is 20.8 Å². The Labute approximate surface area is 163 Å². The molecule has 0 saturated carbocycles. The number of aromatic nitrogens is 2. The van der Waals surface area contributed by atoms with Crippen molar-refractivity contribution in [2.75, 3.05) is 16.0 Å². The molecule has 0 bridgehead atoms. The van der Waals surface area contributed by atoms with Crippen LogP contribution in [-0.4, -0.2) is 21.8 Å². The number of hydrogen-bond donors (Lipinski definition) is 3. The summed E-state index contributed by atoms with van der Waals surface area (Å²) in [7, 11) is 0. The molecule has 0 atom stereocenters. The van der Waals surface area contributed by atoms with Crippen LogP contribution in [0.15, 0.2) is 54.9 Å². The topological polar surface area (TPSA) is 96.0 Å². The molecule has 1 aromatic heterocycles. The maximum Gasteiger partial charge on any atom is 0.274 e. The summed E-state index contributed by atoms with van der Waals surface area (Å²) in [4.78, 5) is 32.0. The lowest BCUT2D eigenvalue weighted by Gasteiger charge is -2.11. The Morgan fingerprint density at radius 1 is 0.893 bits per heavy atom. The van der Waals surface area contributed by atoms with E-state index in [9.17, 15) is 9.59 Å². The molecule has 0 fully saturated rings. The van der Waals surface area contributed by atoms with Crippen LogP contribution in [0.5, 0.6) is 0 Å². The highest BCUT2D eigenvalue weighted by molar-refractivity contribution is 6.03. The van der Waals surface area contributed by atoms with Gasteiger partial charge in [-0.25, -0.2) is 9.97 Å². The SMILES string of the molecule is CC(=O)Nc1cccc(NC(=O)c2cc(Nc3ccc(C)cc3C)ncn2)c1. The van der Waals surface area contributed by atoms with Crippen molar-refractivity contribution in [1.29, 1.82) is 0 Å². The highest BCUT2D eigenvalue weighted by Crippen LogP contribution is 2.21. The molecule has 7 heteroatoms. The van der Waals surface area contributed by atoms with Gasteiger partial charge in [-0.2, -0.15) is 0 Å². The van der Waals surface area contributed by atoms with Gasteiger partial charge in [0.05, 0.1) is 0 Å². The molecular weight excluding hydrogens is 354 g/mol. The lowest BCUT2D eigenvalue weighted by Crippen LogP contribution is -2.15. The minimum Gasteiger partial charge on any atom is -0.340 e. The molecule has 0 aliphatic heterocycles. The Balaban J connectivity index is 1.74. The van der Waals surface area contributed by atoms with E-state index in [-0.39, 0.29) is 17.5 Å². The summed E-state index contributed by atoms with van der Waals surface area (Å²) in [6, 6.07) is 14.5. The fraction of sp³-hybridized carbons (Fsp3) is 0.143. The lowest BCUT2D eigenvalue weighted by atomic mass is 10.1. The Morgan fingerprint density at radius 2 is 1.64 bits per heavy atom. The largest absolute Gasteiger partial charge is 0.340 e. The highest BCUT2D eigenvalue weighted by Gasteiger charge is 2.10. The van der Waals surface area contributed by atoms with Gasteiger partial charge in [-0.15, -0.1) is 0 Å². The minimum atomic E-state index is -0.369. The number of amides is 2. The van der Waals surface area contributed by atoms with Gasteiger partial charge < -0.3 is 16.0 Å². The second kappa shape index (κ2) is 8.30. The number of rotatable bonds is 5. The van der Waals surface area contributed by atoms with E-state index in [1.807, 2.05) is 26.0 Å². The van der Waals surface area contributed by atoms with Crippen LogP contribution in [0, 0.1) is 13.8 Å². The van der Waals surface area contributed by atoms with Gasteiger partial charge in [0.1, 0.15) is 17.8 Å². The third-order valence-electron chi connectivity index (χ3n) is 3.99. The molecule has 0 radical (unpaired) electrons. The van der Waals surface area contributed by atoms with E-state index in [1.165, 1.54) is 18.8 Å². The number of anilines is 4. The first-order chi connectivity index (χ1) is 13.4. The van der Waals surface area contributed by atoms with Crippen LogP contribution < -0.4 is 16.0 Å². The monoisotopic (exact) mass is 375 g/mol. The molecule has 0 unspecified atom stereocenters. The molecule has 3 N–H and O–H groups in total. The fourth-order valence-electron chi connectivity index (χ4n) is 2.71. The van der Waals surface area contributed by atoms with E-state index in [0.717, 1.165) is 11.3 Å². The minimum absolute atomic E-state index is 0.179. The smallest absolute Gasteiger partial charge is 0.274 e. The van der Waals surface area contributed by atoms with Crippen molar-refractivity contribution in [3.63, 3.8) is 0 Å². The number of nitrogens with one attached hydrogen (secondary N) is 3. The first-order valence-electron chi connectivity index (χ1n) is 8.76. The summed E-state index contributed by atoms with van der Waals surface area (Å²) in [6.07, 6.45) is 1.34. The van der Waals surface area contributed by atoms with Crippen LogP contribution in [0.4, 0.5) is 22.9 Å². The van der Waals surface area contributed by atoms with Crippen LogP contribution in [0.25, 0.3) is 0 Å². The second-order valence-electron chi connectivity index (χ2n) is 6.45. The van der Waals surface area contributed by atoms with Crippen LogP contribution in [0.3, 0.4) is 0 Å². The maximum atomic E-state index is 12.5. The first-order valence-corrected chi connectivity index (χ1v) is 8.76. The fourth-order valence-corrected chi connectivity index (χ4v) is 2.71. The second-order valence-corrected chi connectivity index (χ2v) is 6.45. The van der Waals surface area contributed by atoms with E-state index in [0.29, 0.717) is 17.2 Å². The van der Waals surface area contributed by atoms with Crippen LogP contribution in [0.2, 0.25) is 0 Å². The predicted molar refractivity (Wildman–Crippen MR) is 110 cm³/mol. The standard InChI is InChI=1S/C21H21N5O2/c1-13-7-8-18(14(2)9-13)26-20-11-19(22-12-23-20)21(28)25-17-6-4-5-16(10-17)24-15(3)27/h4-12H,1-3H3,(H,24,27)(H,25,28)(H,22,23,26). The van der Waals surface area contributed by atoms with Crippen molar-refractivity contribution < 1.29 is 9.59 Å². The molecule has 0 aliphatic rings. The predicted octanol–water partition coefficient (Wildman–Crippen LogP) is 4.05. The van der Waals surface area contributed by atoms with Gasteiger partial charge in [-0.3, -0.25) is 9.59 Å². The molecule has 0 saturated heterocycles. The third kappa shape index (κ3) is 4.91. The number of aryl methyl sites for hydroxylation is 2. The zero-order valence-corrected chi connectivity index (χ0v) is 15.9. The Morgan fingerprint density at radius 3 is 2.36 bits per heavy atom. The Bertz CT molecular complexity index is 1030. The van der Waals surface area contributed by atoms with Crippen molar-refractivity contribution in [3.8, 4) is 0 Å². The van der Waals surface area contributed by atoms with E-state index in [1.54, 1.807) is 30.3 Å². The zero-order valence-electron chi connectivity index (χ0n) is 15.9. The van der Waals surface area contributed by atoms with Gasteiger partial charge in [0.2, 0.25) is 5.91 Å². The quantitative estimate of drug-likeness (QED) is 0.625. The molecule has 3 aromatic rings. The average molecular weight is 375 g/mol. The molecule has 2 amide bonds. The van der Waals surface area contributed by atoms with Gasteiger partial charge in [-0.05, 0) is 43.7 Å². The average Bonchev–Trinajstić information content (AvgIpc) is 2.64. The van der Waals surface area contributed by atoms with Gasteiger partial charge in [0.15, 0.2) is 0 Å². The van der Waals surface area contributed by atoms with Crippen molar-refractivity contribution in [2.24, 2.45) is 0 Å². The van der Waals surface area contributed by atoms with E-state index >= 15 is 0 Å². The van der Waals surface area contributed by atoms with Crippen LogP contribution >= 0.6 is 0 Å². The molecule has 142 valence electrons. The molecule has 3 rings (SSSR count). The number of carbonyl (C=O) groups excluding carboxylic acids is 2. The van der Waals surface area contributed by atoms with Crippen molar-refractivity contribution in [1.82, 2.24) is 9.97 Å². The first kappa shape index (κ1) is 19.0. The molecule has 2 aromatic carbocycles. The summed E-state index contributed by atoms with van der Waals surface area (Å²) in [6.45, 7) is 5.47. The number of carbonyl (C=O) groups is 2. The van der Waals surface area contributed by atoms with Crippen LogP contribution in [0.1, 0.15) is 28.5 Å². The molecular formula is C21H21N5O2. The van der Waals surface area contributed by atoms with E-state index in [2.05, 4.69) is 32.0 Å². The summed E-state index contributed by atoms with van der Waals surface area (Å²) in [5, 5.41) is 8.66. The van der Waals surface area contributed by atoms with Crippen LogP contribution in [-0.2, 0) is 4.79 Å². The summed E-state index contributed by atoms with van der Waals surface area (Å²) < 4.78 is 0. The number of nitrogens with zero attached hydrogens (tertiary/aromatic N) is 2. The van der Waals surface area contributed by atoms with E-state index < -0.39 is 0 Å². The molecule has 28 heavy (non-hydrogen) atoms. The van der Waals surface area contributed by atoms with Gasteiger partial charge >= 0.3 is 0 Å². The van der Waals surface area contributed by atoms with Crippen molar-refractivity contribution in [3.05, 3.63) is 71.7 Å². The zero-order chi connectivity index (χ0) is 20.1. The summed E-state index contributed by atoms with van der Waals surface area (Å²) in [5.41, 5.74) is 4.56. The summed E-state index contributed by atoms with van der Waals surface area (Å²) >= 11 is 0. The molecule has 1 heterocycles. The Kier molecular flexibility index (Phi) is 5.64. The molecule has 0 spiro atoms. The third-order valence-corrected chi connectivity index (χ3v) is 3.99. The number of benzene rings is 2. The van der Waals surface area contributed by atoms with Gasteiger partial charge in [0, 0.05) is 30.1 Å². The lowest BCUT2D eigenvalue weighted by molar-refractivity contribution is -0.114. The maximum absolute atomic E-state index is 12.5. The van der Waals surface area contributed by atoms with Crippen molar-refractivity contribution >= 4 is 34.7 Å². The van der Waals surface area contributed by atoms with Gasteiger partial charge in [0.25, 0.3) is 5.91 Å².